The number of nitrogens with zero attached hydrogens (tertiary/aromatic N) is 1. The Kier molecular flexibility index (Phi) is 5.81. The van der Waals surface area contributed by atoms with Gasteiger partial charge in [-0.2, -0.15) is 5.26 Å². The summed E-state index contributed by atoms with van der Waals surface area (Å²) in [6.45, 7) is 6.21. The van der Waals surface area contributed by atoms with Crippen LogP contribution in [-0.2, 0) is 9.47 Å². The molecular weight excluding hydrogens is 142 g/mol. The monoisotopic (exact) mass is 157 g/mol. The lowest BCUT2D eigenvalue weighted by Gasteiger charge is -2.15. The van der Waals surface area contributed by atoms with E-state index in [2.05, 4.69) is 0 Å². The fourth-order valence-electron chi connectivity index (χ4n) is 0.723. The van der Waals surface area contributed by atoms with Crippen LogP contribution in [0.25, 0.3) is 0 Å². The van der Waals surface area contributed by atoms with Gasteiger partial charge in [-0.3, -0.25) is 0 Å². The zero-order chi connectivity index (χ0) is 8.69. The van der Waals surface area contributed by atoms with Gasteiger partial charge in [0, 0.05) is 6.61 Å². The Hall–Kier alpha value is -0.590. The fourth-order valence-corrected chi connectivity index (χ4v) is 0.723. The number of hydrogen-bond donors (Lipinski definition) is 0. The molecule has 0 N–H and O–H groups in total. The summed E-state index contributed by atoms with van der Waals surface area (Å²) in [5.41, 5.74) is 0. The van der Waals surface area contributed by atoms with Crippen molar-refractivity contribution in [3.63, 3.8) is 0 Å². The molecule has 64 valence electrons. The molecule has 0 saturated carbocycles. The zero-order valence-corrected chi connectivity index (χ0v) is 7.33. The van der Waals surface area contributed by atoms with Crippen molar-refractivity contribution in [2.45, 2.75) is 39.6 Å². The first-order valence-electron chi connectivity index (χ1n) is 3.91. The minimum Gasteiger partial charge on any atom is -0.353 e. The van der Waals surface area contributed by atoms with Crippen LogP contribution in [0.15, 0.2) is 0 Å². The van der Waals surface area contributed by atoms with Gasteiger partial charge in [-0.15, -0.1) is 0 Å². The van der Waals surface area contributed by atoms with Gasteiger partial charge >= 0.3 is 0 Å². The average molecular weight is 157 g/mol. The molecule has 0 fully saturated rings. The Morgan fingerprint density at radius 3 is 2.45 bits per heavy atom. The van der Waals surface area contributed by atoms with Crippen LogP contribution in [0.1, 0.15) is 27.2 Å². The molecule has 0 heterocycles. The average Bonchev–Trinajstić information content (AvgIpc) is 2.01. The molecule has 0 aliphatic rings. The van der Waals surface area contributed by atoms with Gasteiger partial charge < -0.3 is 9.47 Å². The van der Waals surface area contributed by atoms with E-state index < -0.39 is 0 Å². The Bertz CT molecular complexity index is 131. The first-order valence-corrected chi connectivity index (χ1v) is 3.91. The Balaban J connectivity index is 3.55. The van der Waals surface area contributed by atoms with Crippen LogP contribution in [0.5, 0.6) is 0 Å². The molecule has 0 aliphatic carbocycles. The quantitative estimate of drug-likeness (QED) is 0.570. The van der Waals surface area contributed by atoms with Gasteiger partial charge in [-0.25, -0.2) is 0 Å². The molecule has 0 aliphatic heterocycles. The van der Waals surface area contributed by atoms with Gasteiger partial charge in [-0.1, -0.05) is 6.92 Å². The normalized spacial score (nSPS) is 15.5. The zero-order valence-electron chi connectivity index (χ0n) is 7.33. The molecule has 2 unspecified atom stereocenters. The van der Waals surface area contributed by atoms with Crippen LogP contribution in [0.3, 0.4) is 0 Å². The van der Waals surface area contributed by atoms with E-state index in [0.717, 1.165) is 0 Å². The summed E-state index contributed by atoms with van der Waals surface area (Å²) < 4.78 is 10.3. The molecule has 0 saturated heterocycles. The van der Waals surface area contributed by atoms with Crippen molar-refractivity contribution in [2.24, 2.45) is 0 Å². The van der Waals surface area contributed by atoms with Gasteiger partial charge in [-0.05, 0) is 20.3 Å². The molecule has 0 aromatic carbocycles. The van der Waals surface area contributed by atoms with Gasteiger partial charge in [0.25, 0.3) is 0 Å². The van der Waals surface area contributed by atoms with E-state index in [4.69, 9.17) is 14.7 Å². The number of ether oxygens (including phenoxy) is 2. The summed E-state index contributed by atoms with van der Waals surface area (Å²) in [5, 5.41) is 8.51. The fraction of sp³-hybridized carbons (Fsp3) is 0.875. The van der Waals surface area contributed by atoms with E-state index >= 15 is 0 Å². The number of hydrogen-bond acceptors (Lipinski definition) is 3. The Morgan fingerprint density at radius 1 is 1.45 bits per heavy atom. The first-order chi connectivity index (χ1) is 5.24. The highest BCUT2D eigenvalue weighted by atomic mass is 16.7. The second-order valence-corrected chi connectivity index (χ2v) is 2.19. The maximum Gasteiger partial charge on any atom is 0.156 e. The second kappa shape index (κ2) is 6.14. The van der Waals surface area contributed by atoms with Gasteiger partial charge in [0.2, 0.25) is 0 Å². The van der Waals surface area contributed by atoms with Crippen molar-refractivity contribution in [3.8, 4) is 6.07 Å². The van der Waals surface area contributed by atoms with Crippen molar-refractivity contribution >= 4 is 0 Å². The highest BCUT2D eigenvalue weighted by Crippen LogP contribution is 2.02. The standard InChI is InChI=1S/C8H15NO2/c1-4-8(6-9)11-7(3)10-5-2/h7-8H,4-5H2,1-3H3. The molecule has 0 aromatic rings. The van der Waals surface area contributed by atoms with E-state index in [1.807, 2.05) is 19.9 Å². The Labute approximate surface area is 67.9 Å². The van der Waals surface area contributed by atoms with Gasteiger partial charge in [0.15, 0.2) is 6.29 Å². The van der Waals surface area contributed by atoms with Crippen LogP contribution in [-0.4, -0.2) is 19.0 Å². The maximum atomic E-state index is 8.51. The minimum atomic E-state index is -0.337. The summed E-state index contributed by atoms with van der Waals surface area (Å²) >= 11 is 0. The minimum absolute atomic E-state index is 0.274. The predicted octanol–water partition coefficient (Wildman–Crippen LogP) is 1.69. The largest absolute Gasteiger partial charge is 0.353 e. The number of nitriles is 1. The SMILES string of the molecule is CCOC(C)OC(C#N)CC. The molecule has 3 heteroatoms. The highest BCUT2D eigenvalue weighted by Gasteiger charge is 2.09. The molecule has 2 atom stereocenters. The summed E-state index contributed by atoms with van der Waals surface area (Å²) in [5.74, 6) is 0. The lowest BCUT2D eigenvalue weighted by atomic mass is 10.3. The topological polar surface area (TPSA) is 42.2 Å². The van der Waals surface area contributed by atoms with Crippen LogP contribution < -0.4 is 0 Å². The van der Waals surface area contributed by atoms with E-state index in [-0.39, 0.29) is 12.4 Å². The highest BCUT2D eigenvalue weighted by molar-refractivity contribution is 4.82. The van der Waals surface area contributed by atoms with Crippen molar-refractivity contribution in [1.82, 2.24) is 0 Å². The summed E-state index contributed by atoms with van der Waals surface area (Å²) in [6, 6.07) is 2.04. The summed E-state index contributed by atoms with van der Waals surface area (Å²) in [4.78, 5) is 0. The van der Waals surface area contributed by atoms with Crippen LogP contribution in [0.4, 0.5) is 0 Å². The van der Waals surface area contributed by atoms with Crippen LogP contribution in [0, 0.1) is 11.3 Å². The predicted molar refractivity (Wildman–Crippen MR) is 41.9 cm³/mol. The van der Waals surface area contributed by atoms with Gasteiger partial charge in [0.1, 0.15) is 6.10 Å². The molecule has 3 nitrogen and oxygen atoms in total. The molecule has 11 heavy (non-hydrogen) atoms. The van der Waals surface area contributed by atoms with Crippen LogP contribution in [0.2, 0.25) is 0 Å². The lowest BCUT2D eigenvalue weighted by Crippen LogP contribution is -2.20. The smallest absolute Gasteiger partial charge is 0.156 e. The third-order valence-electron chi connectivity index (χ3n) is 1.27. The summed E-state index contributed by atoms with van der Waals surface area (Å²) in [7, 11) is 0. The third kappa shape index (κ3) is 4.77. The van der Waals surface area contributed by atoms with Crippen molar-refractivity contribution in [3.05, 3.63) is 0 Å². The molecule has 0 amide bonds. The molecular formula is C8H15NO2. The second-order valence-electron chi connectivity index (χ2n) is 2.19. The van der Waals surface area contributed by atoms with Gasteiger partial charge in [0.05, 0.1) is 6.07 Å². The first kappa shape index (κ1) is 10.4. The van der Waals surface area contributed by atoms with E-state index in [1.54, 1.807) is 6.92 Å². The van der Waals surface area contributed by atoms with Crippen molar-refractivity contribution in [2.75, 3.05) is 6.61 Å². The Morgan fingerprint density at radius 2 is 2.09 bits per heavy atom. The van der Waals surface area contributed by atoms with Crippen LogP contribution >= 0.6 is 0 Å². The molecule has 0 bridgehead atoms. The molecule has 0 rings (SSSR count). The van der Waals surface area contributed by atoms with E-state index in [9.17, 15) is 0 Å². The lowest BCUT2D eigenvalue weighted by molar-refractivity contribution is -0.144. The maximum absolute atomic E-state index is 8.51. The van der Waals surface area contributed by atoms with E-state index in [1.165, 1.54) is 0 Å². The molecule has 0 spiro atoms. The summed E-state index contributed by atoms with van der Waals surface area (Å²) in [6.07, 6.45) is 0.0922. The van der Waals surface area contributed by atoms with Crippen molar-refractivity contribution in [1.29, 1.82) is 5.26 Å². The number of rotatable bonds is 5. The van der Waals surface area contributed by atoms with Crippen molar-refractivity contribution < 1.29 is 9.47 Å². The molecule has 0 aromatic heterocycles. The third-order valence-corrected chi connectivity index (χ3v) is 1.27. The molecule has 0 radical (unpaired) electrons. The van der Waals surface area contributed by atoms with E-state index in [0.29, 0.717) is 13.0 Å².